The van der Waals surface area contributed by atoms with E-state index in [1.165, 1.54) is 0 Å². The Morgan fingerprint density at radius 2 is 2.15 bits per heavy atom. The van der Waals surface area contributed by atoms with E-state index in [-0.39, 0.29) is 6.42 Å². The van der Waals surface area contributed by atoms with E-state index in [0.717, 1.165) is 0 Å². The van der Waals surface area contributed by atoms with Crippen molar-refractivity contribution in [1.29, 1.82) is 0 Å². The number of aliphatic carboxylic acids is 1. The molecular formula is C9H14N2O2. The highest BCUT2D eigenvalue weighted by Crippen LogP contribution is 2.04. The van der Waals surface area contributed by atoms with E-state index in [4.69, 9.17) is 6.57 Å². The highest BCUT2D eigenvalue weighted by Gasteiger charge is 2.16. The number of carboxylic acid groups (broad SMARTS) is 1. The molecule has 13 heavy (non-hydrogen) atoms. The van der Waals surface area contributed by atoms with Crippen LogP contribution in [0, 0.1) is 6.57 Å². The number of carbonyl (C=O) groups is 1. The van der Waals surface area contributed by atoms with Crippen LogP contribution in [0.25, 0.3) is 4.85 Å². The average Bonchev–Trinajstić information content (AvgIpc) is 2.00. The van der Waals surface area contributed by atoms with Gasteiger partial charge in [0.2, 0.25) is 5.70 Å². The number of likely N-dealkylation sites (N-methyl/N-ethyl adjacent to an activating group) is 1. The maximum atomic E-state index is 10.2. The molecule has 4 heteroatoms. The molecule has 0 atom stereocenters. The third kappa shape index (κ3) is 5.88. The first-order valence-electron chi connectivity index (χ1n) is 3.94. The van der Waals surface area contributed by atoms with Crippen molar-refractivity contribution in [3.05, 3.63) is 23.7 Å². The third-order valence-corrected chi connectivity index (χ3v) is 1.69. The van der Waals surface area contributed by atoms with Crippen LogP contribution in [0.1, 0.15) is 6.42 Å². The van der Waals surface area contributed by atoms with Crippen molar-refractivity contribution >= 4 is 5.97 Å². The molecule has 0 bridgehead atoms. The fourth-order valence-electron chi connectivity index (χ4n) is 1.00. The zero-order chi connectivity index (χ0) is 10.5. The number of carboxylic acids is 1. The van der Waals surface area contributed by atoms with Crippen LogP contribution in [0.15, 0.2) is 12.3 Å². The molecule has 0 aromatic rings. The molecule has 0 N–H and O–H groups in total. The summed E-state index contributed by atoms with van der Waals surface area (Å²) in [5, 5.41) is 10.2. The Bertz CT molecular complexity index is 251. The SMILES string of the molecule is [C-]#[N+]C(=C)C[N+](C)(C)CCC(=O)[O-]. The maximum Gasteiger partial charge on any atom is 0.211 e. The first kappa shape index (κ1) is 11.7. The molecule has 0 aliphatic rings. The van der Waals surface area contributed by atoms with Crippen molar-refractivity contribution in [2.24, 2.45) is 0 Å². The Kier molecular flexibility index (Phi) is 4.15. The molecule has 0 unspecified atom stereocenters. The zero-order valence-electron chi connectivity index (χ0n) is 8.04. The van der Waals surface area contributed by atoms with Gasteiger partial charge in [0.1, 0.15) is 6.54 Å². The van der Waals surface area contributed by atoms with Gasteiger partial charge < -0.3 is 14.4 Å². The van der Waals surface area contributed by atoms with E-state index in [2.05, 4.69) is 11.4 Å². The van der Waals surface area contributed by atoms with E-state index in [1.54, 1.807) is 0 Å². The van der Waals surface area contributed by atoms with Crippen LogP contribution >= 0.6 is 0 Å². The highest BCUT2D eigenvalue weighted by atomic mass is 16.4. The van der Waals surface area contributed by atoms with E-state index in [9.17, 15) is 9.90 Å². The predicted octanol–water partition coefficient (Wildman–Crippen LogP) is -0.364. The van der Waals surface area contributed by atoms with Crippen LogP contribution in [0.4, 0.5) is 0 Å². The quantitative estimate of drug-likeness (QED) is 0.430. The molecule has 0 aliphatic heterocycles. The summed E-state index contributed by atoms with van der Waals surface area (Å²) < 4.78 is 0.454. The van der Waals surface area contributed by atoms with Gasteiger partial charge in [-0.3, -0.25) is 0 Å². The van der Waals surface area contributed by atoms with E-state index >= 15 is 0 Å². The molecular weight excluding hydrogens is 168 g/mol. The standard InChI is InChI=1S/C9H14N2O2/c1-8(10-2)7-11(3,4)6-5-9(12)13/h1,5-7H2,3-4H3. The molecule has 0 aliphatic carbocycles. The molecule has 0 amide bonds. The minimum Gasteiger partial charge on any atom is -0.550 e. The minimum atomic E-state index is -1.06. The summed E-state index contributed by atoms with van der Waals surface area (Å²) in [6, 6.07) is 0. The number of carbonyl (C=O) groups excluding carboxylic acids is 1. The molecule has 0 radical (unpaired) electrons. The Hall–Kier alpha value is -1.34. The lowest BCUT2D eigenvalue weighted by Gasteiger charge is -2.29. The maximum absolute atomic E-state index is 10.2. The average molecular weight is 182 g/mol. The van der Waals surface area contributed by atoms with Gasteiger partial charge in [-0.1, -0.05) is 6.58 Å². The van der Waals surface area contributed by atoms with Crippen LogP contribution in [0.5, 0.6) is 0 Å². The molecule has 0 aromatic heterocycles. The fraction of sp³-hybridized carbons (Fsp3) is 0.556. The van der Waals surface area contributed by atoms with Crippen molar-refractivity contribution in [1.82, 2.24) is 0 Å². The molecule has 0 rings (SSSR count). The first-order valence-corrected chi connectivity index (χ1v) is 3.94. The van der Waals surface area contributed by atoms with Gasteiger partial charge >= 0.3 is 0 Å². The Morgan fingerprint density at radius 3 is 2.54 bits per heavy atom. The molecule has 4 nitrogen and oxygen atoms in total. The van der Waals surface area contributed by atoms with Crippen LogP contribution in [0.3, 0.4) is 0 Å². The van der Waals surface area contributed by atoms with Crippen molar-refractivity contribution in [3.8, 4) is 0 Å². The monoisotopic (exact) mass is 182 g/mol. The van der Waals surface area contributed by atoms with Crippen molar-refractivity contribution in [2.45, 2.75) is 6.42 Å². The highest BCUT2D eigenvalue weighted by molar-refractivity contribution is 5.64. The second-order valence-electron chi connectivity index (χ2n) is 3.62. The van der Waals surface area contributed by atoms with Gasteiger partial charge in [-0.2, -0.15) is 0 Å². The molecule has 0 fully saturated rings. The summed E-state index contributed by atoms with van der Waals surface area (Å²) in [7, 11) is 3.72. The zero-order valence-corrected chi connectivity index (χ0v) is 8.04. The number of hydrogen-bond donors (Lipinski definition) is 0. The van der Waals surface area contributed by atoms with Gasteiger partial charge in [0.05, 0.1) is 27.2 Å². The van der Waals surface area contributed by atoms with Gasteiger partial charge in [-0.25, -0.2) is 4.85 Å². The summed E-state index contributed by atoms with van der Waals surface area (Å²) in [6.45, 7) is 11.2. The van der Waals surface area contributed by atoms with Gasteiger partial charge in [-0.05, 0) is 0 Å². The predicted molar refractivity (Wildman–Crippen MR) is 47.2 cm³/mol. The van der Waals surface area contributed by atoms with E-state index < -0.39 is 5.97 Å². The first-order chi connectivity index (χ1) is 5.87. The molecule has 0 aromatic carbocycles. The van der Waals surface area contributed by atoms with Gasteiger partial charge in [-0.15, -0.1) is 0 Å². The third-order valence-electron chi connectivity index (χ3n) is 1.69. The lowest BCUT2D eigenvalue weighted by molar-refractivity contribution is -0.885. The fourth-order valence-corrected chi connectivity index (χ4v) is 1.00. The normalized spacial score (nSPS) is 10.5. The van der Waals surface area contributed by atoms with Crippen LogP contribution in [-0.2, 0) is 4.79 Å². The van der Waals surface area contributed by atoms with Crippen molar-refractivity contribution in [3.63, 3.8) is 0 Å². The number of hydrogen-bond acceptors (Lipinski definition) is 2. The second-order valence-corrected chi connectivity index (χ2v) is 3.62. The number of nitrogens with zero attached hydrogens (tertiary/aromatic N) is 2. The minimum absolute atomic E-state index is 0.0122. The van der Waals surface area contributed by atoms with Gasteiger partial charge in [0.15, 0.2) is 0 Å². The molecule has 72 valence electrons. The molecule has 0 spiro atoms. The molecule has 0 saturated heterocycles. The van der Waals surface area contributed by atoms with Crippen molar-refractivity contribution < 1.29 is 14.4 Å². The smallest absolute Gasteiger partial charge is 0.211 e. The lowest BCUT2D eigenvalue weighted by atomic mass is 10.3. The second kappa shape index (κ2) is 4.63. The number of rotatable bonds is 5. The van der Waals surface area contributed by atoms with Gasteiger partial charge in [0.25, 0.3) is 0 Å². The topological polar surface area (TPSA) is 44.5 Å². The van der Waals surface area contributed by atoms with Crippen LogP contribution < -0.4 is 5.11 Å². The number of quaternary nitrogens is 1. The summed E-state index contributed by atoms with van der Waals surface area (Å²) in [5.74, 6) is -1.06. The molecule has 0 heterocycles. The largest absolute Gasteiger partial charge is 0.550 e. The van der Waals surface area contributed by atoms with E-state index in [0.29, 0.717) is 23.3 Å². The summed E-state index contributed by atoms with van der Waals surface area (Å²) in [4.78, 5) is 13.4. The van der Waals surface area contributed by atoms with Crippen LogP contribution in [-0.4, -0.2) is 37.6 Å². The van der Waals surface area contributed by atoms with Crippen molar-refractivity contribution in [2.75, 3.05) is 27.2 Å². The molecule has 0 saturated carbocycles. The Labute approximate surface area is 78.5 Å². The summed E-state index contributed by atoms with van der Waals surface area (Å²) in [5.41, 5.74) is 0.448. The lowest BCUT2D eigenvalue weighted by Crippen LogP contribution is -2.43. The Morgan fingerprint density at radius 1 is 1.62 bits per heavy atom. The van der Waals surface area contributed by atoms with Crippen LogP contribution in [0.2, 0.25) is 0 Å². The van der Waals surface area contributed by atoms with Gasteiger partial charge in [0, 0.05) is 12.4 Å². The summed E-state index contributed by atoms with van der Waals surface area (Å²) >= 11 is 0. The summed E-state index contributed by atoms with van der Waals surface area (Å²) in [6.07, 6.45) is 0.0122. The van der Waals surface area contributed by atoms with E-state index in [1.807, 2.05) is 14.1 Å². The Balaban J connectivity index is 4.02.